The lowest BCUT2D eigenvalue weighted by molar-refractivity contribution is -0.130. The fraction of sp³-hybridized carbons (Fsp3) is 0.543. The standard InChI is InChI=1S/C10H18N2O3.C8H16N2O2.C8H10.C7H8.C2H6/c1-4-7(12-8(13)5-11-3)9(14)10(2)6-15-10;1-6(2)3-7(5-11)10-8(12)4-9;1-2-8-6-4-3-5-7-8;1-7-5-3-2-4-6-7;1-2/h7,11H,4-6H2,1-3H3,(H,12,13);5-7H,3-4,9H2,1-2H3,(H,10,12);3-7H,2H2,1H3;2-6H,1H3;1-2H3. The maximum Gasteiger partial charge on any atom is 0.234 e. The first-order valence-corrected chi connectivity index (χ1v) is 15.6. The molecule has 0 aliphatic carbocycles. The number of aryl methyl sites for hydroxylation is 2. The molecule has 248 valence electrons. The predicted octanol–water partition coefficient (Wildman–Crippen LogP) is 4.40. The van der Waals surface area contributed by atoms with Crippen LogP contribution in [0.2, 0.25) is 0 Å². The van der Waals surface area contributed by atoms with Crippen LogP contribution in [-0.2, 0) is 30.3 Å². The Morgan fingerprint density at radius 2 is 1.48 bits per heavy atom. The van der Waals surface area contributed by atoms with Crippen molar-refractivity contribution in [2.45, 2.75) is 92.3 Å². The molecule has 3 atom stereocenters. The van der Waals surface area contributed by atoms with E-state index in [2.05, 4.69) is 66.2 Å². The second kappa shape index (κ2) is 26.0. The minimum atomic E-state index is -0.659. The Hall–Kier alpha value is -3.40. The quantitative estimate of drug-likeness (QED) is 0.205. The Bertz CT molecular complexity index is 1030. The summed E-state index contributed by atoms with van der Waals surface area (Å²) in [6, 6.07) is 19.9. The van der Waals surface area contributed by atoms with E-state index in [0.29, 0.717) is 25.4 Å². The topological polar surface area (TPSA) is 143 Å². The number of ether oxygens (including phenoxy) is 1. The summed E-state index contributed by atoms with van der Waals surface area (Å²) in [5.41, 5.74) is 7.15. The van der Waals surface area contributed by atoms with Crippen LogP contribution in [0.3, 0.4) is 0 Å². The van der Waals surface area contributed by atoms with Gasteiger partial charge in [-0.1, -0.05) is 108 Å². The molecule has 1 aliphatic heterocycles. The van der Waals surface area contributed by atoms with Crippen LogP contribution in [-0.4, -0.2) is 68.3 Å². The number of ketones is 1. The van der Waals surface area contributed by atoms with E-state index in [9.17, 15) is 19.2 Å². The van der Waals surface area contributed by atoms with Crippen molar-refractivity contribution in [2.24, 2.45) is 11.7 Å². The molecule has 44 heavy (non-hydrogen) atoms. The molecule has 2 aromatic rings. The molecule has 0 bridgehead atoms. The zero-order valence-corrected chi connectivity index (χ0v) is 28.4. The van der Waals surface area contributed by atoms with Crippen molar-refractivity contribution in [3.05, 3.63) is 71.8 Å². The van der Waals surface area contributed by atoms with Crippen LogP contribution >= 0.6 is 0 Å². The lowest BCUT2D eigenvalue weighted by Crippen LogP contribution is -2.47. The third kappa shape index (κ3) is 21.3. The van der Waals surface area contributed by atoms with Crippen molar-refractivity contribution < 1.29 is 23.9 Å². The fourth-order valence-corrected chi connectivity index (χ4v) is 3.55. The minimum absolute atomic E-state index is 0.0329. The molecule has 9 heteroatoms. The van der Waals surface area contributed by atoms with Crippen molar-refractivity contribution in [3.63, 3.8) is 0 Å². The molecule has 1 aliphatic rings. The molecular formula is C35H58N4O5. The number of epoxide rings is 1. The SMILES string of the molecule is CC.CC(C)CC(C=O)NC(=O)CN.CCC(NC(=O)CNC)C(=O)C1(C)CO1.CCc1ccccc1.Cc1ccccc1. The predicted molar refractivity (Wildman–Crippen MR) is 180 cm³/mol. The van der Waals surface area contributed by atoms with Crippen LogP contribution in [0, 0.1) is 12.8 Å². The summed E-state index contributed by atoms with van der Waals surface area (Å²) >= 11 is 0. The lowest BCUT2D eigenvalue weighted by Gasteiger charge is -2.17. The summed E-state index contributed by atoms with van der Waals surface area (Å²) < 4.78 is 5.07. The molecule has 1 saturated heterocycles. The number of carbonyl (C=O) groups is 4. The number of likely N-dealkylation sites (N-methyl/N-ethyl adjacent to an activating group) is 1. The summed E-state index contributed by atoms with van der Waals surface area (Å²) in [5.74, 6) is -0.0950. The summed E-state index contributed by atoms with van der Waals surface area (Å²) in [4.78, 5) is 44.3. The number of nitrogens with one attached hydrogen (secondary N) is 3. The Labute approximate surface area is 266 Å². The highest BCUT2D eigenvalue weighted by Gasteiger charge is 2.49. The van der Waals surface area contributed by atoms with E-state index >= 15 is 0 Å². The Balaban J connectivity index is 0. The number of amides is 2. The fourth-order valence-electron chi connectivity index (χ4n) is 3.55. The third-order valence-corrected chi connectivity index (χ3v) is 6.11. The highest BCUT2D eigenvalue weighted by atomic mass is 16.6. The van der Waals surface area contributed by atoms with Gasteiger partial charge in [0.1, 0.15) is 11.9 Å². The van der Waals surface area contributed by atoms with Crippen LogP contribution in [0.5, 0.6) is 0 Å². The average molecular weight is 615 g/mol. The minimum Gasteiger partial charge on any atom is -0.361 e. The molecule has 5 N–H and O–H groups in total. The molecule has 0 radical (unpaired) electrons. The van der Waals surface area contributed by atoms with Gasteiger partial charge in [-0.05, 0) is 51.6 Å². The van der Waals surface area contributed by atoms with Gasteiger partial charge in [0.05, 0.1) is 31.8 Å². The number of aldehydes is 1. The largest absolute Gasteiger partial charge is 0.361 e. The van der Waals surface area contributed by atoms with Crippen LogP contribution < -0.4 is 21.7 Å². The number of carbonyl (C=O) groups excluding carboxylic acids is 4. The molecule has 0 saturated carbocycles. The van der Waals surface area contributed by atoms with Gasteiger partial charge in [-0.25, -0.2) is 0 Å². The van der Waals surface area contributed by atoms with Gasteiger partial charge in [0.2, 0.25) is 11.8 Å². The van der Waals surface area contributed by atoms with E-state index in [4.69, 9.17) is 10.5 Å². The van der Waals surface area contributed by atoms with E-state index in [1.807, 2.05) is 58.9 Å². The van der Waals surface area contributed by atoms with E-state index in [-0.39, 0.29) is 36.7 Å². The second-order valence-electron chi connectivity index (χ2n) is 10.6. The number of benzene rings is 2. The van der Waals surface area contributed by atoms with Crippen molar-refractivity contribution in [1.29, 1.82) is 0 Å². The summed E-state index contributed by atoms with van der Waals surface area (Å²) in [6.45, 7) is 16.5. The Morgan fingerprint density at radius 1 is 0.955 bits per heavy atom. The zero-order valence-electron chi connectivity index (χ0n) is 28.4. The highest BCUT2D eigenvalue weighted by molar-refractivity contribution is 5.96. The molecule has 1 fully saturated rings. The highest BCUT2D eigenvalue weighted by Crippen LogP contribution is 2.28. The Morgan fingerprint density at radius 3 is 1.80 bits per heavy atom. The van der Waals surface area contributed by atoms with Crippen molar-refractivity contribution in [3.8, 4) is 0 Å². The second-order valence-corrected chi connectivity index (χ2v) is 10.6. The van der Waals surface area contributed by atoms with Gasteiger partial charge >= 0.3 is 0 Å². The molecule has 2 aromatic carbocycles. The number of Topliss-reactive ketones (excluding diaryl/α,β-unsaturated/α-hetero) is 1. The van der Waals surface area contributed by atoms with Gasteiger partial charge in [0, 0.05) is 0 Å². The first kappa shape index (κ1) is 42.7. The zero-order chi connectivity index (χ0) is 34.0. The number of rotatable bonds is 12. The van der Waals surface area contributed by atoms with Crippen LogP contribution in [0.4, 0.5) is 0 Å². The third-order valence-electron chi connectivity index (χ3n) is 6.11. The Kier molecular flexibility index (Phi) is 25.3. The maximum atomic E-state index is 11.8. The van der Waals surface area contributed by atoms with E-state index < -0.39 is 11.6 Å². The van der Waals surface area contributed by atoms with Gasteiger partial charge in [0.25, 0.3) is 0 Å². The van der Waals surface area contributed by atoms with E-state index in [0.717, 1.165) is 12.7 Å². The molecule has 0 spiro atoms. The molecule has 1 heterocycles. The molecule has 3 unspecified atom stereocenters. The van der Waals surface area contributed by atoms with Gasteiger partial charge in [-0.15, -0.1) is 0 Å². The molecule has 9 nitrogen and oxygen atoms in total. The molecule has 0 aromatic heterocycles. The van der Waals surface area contributed by atoms with Gasteiger partial charge in [-0.2, -0.15) is 0 Å². The normalized spacial score (nSPS) is 15.4. The van der Waals surface area contributed by atoms with Gasteiger partial charge in [0.15, 0.2) is 5.78 Å². The molecule has 2 amide bonds. The van der Waals surface area contributed by atoms with Crippen LogP contribution in [0.15, 0.2) is 60.7 Å². The monoisotopic (exact) mass is 614 g/mol. The van der Waals surface area contributed by atoms with Crippen molar-refractivity contribution in [1.82, 2.24) is 16.0 Å². The number of nitrogens with two attached hydrogens (primary N) is 1. The summed E-state index contributed by atoms with van der Waals surface area (Å²) in [6.07, 6.45) is 3.14. The summed E-state index contributed by atoms with van der Waals surface area (Å²) in [7, 11) is 1.69. The average Bonchev–Trinajstić information content (AvgIpc) is 3.80. The summed E-state index contributed by atoms with van der Waals surface area (Å²) in [5, 5.41) is 7.93. The first-order valence-electron chi connectivity index (χ1n) is 15.6. The number of hydrogen-bond donors (Lipinski definition) is 4. The van der Waals surface area contributed by atoms with E-state index in [1.165, 1.54) is 11.1 Å². The van der Waals surface area contributed by atoms with E-state index in [1.54, 1.807) is 14.0 Å². The maximum absolute atomic E-state index is 11.8. The van der Waals surface area contributed by atoms with Gasteiger partial charge < -0.3 is 31.2 Å². The van der Waals surface area contributed by atoms with Crippen LogP contribution in [0.25, 0.3) is 0 Å². The van der Waals surface area contributed by atoms with Gasteiger partial charge in [-0.3, -0.25) is 14.4 Å². The lowest BCUT2D eigenvalue weighted by atomic mass is 9.99. The molecule has 3 rings (SSSR count). The van der Waals surface area contributed by atoms with Crippen molar-refractivity contribution in [2.75, 3.05) is 26.7 Å². The smallest absolute Gasteiger partial charge is 0.234 e. The van der Waals surface area contributed by atoms with Crippen molar-refractivity contribution >= 4 is 23.9 Å². The number of hydrogen-bond acceptors (Lipinski definition) is 7. The first-order chi connectivity index (χ1) is 21.0. The molecular weight excluding hydrogens is 556 g/mol. The van der Waals surface area contributed by atoms with Crippen LogP contribution in [0.1, 0.15) is 72.4 Å².